The fourth-order valence-corrected chi connectivity index (χ4v) is 5.51. The molecule has 0 atom stereocenters. The number of hydrogen-bond donors (Lipinski definition) is 5. The Labute approximate surface area is 251 Å². The average Bonchev–Trinajstić information content (AvgIpc) is 2.87. The van der Waals surface area contributed by atoms with Crippen LogP contribution >= 0.6 is 23.5 Å². The fourth-order valence-electron chi connectivity index (χ4n) is 2.97. The third kappa shape index (κ3) is 44.8. The maximum atomic E-state index is 10.4. The summed E-state index contributed by atoms with van der Waals surface area (Å²) in [5, 5.41) is 0. The minimum atomic E-state index is -5.46. The van der Waals surface area contributed by atoms with E-state index in [1.54, 1.807) is 0 Å². The first-order valence-electron chi connectivity index (χ1n) is 14.6. The molecule has 0 aromatic carbocycles. The maximum absolute atomic E-state index is 10.4. The van der Waals surface area contributed by atoms with E-state index >= 15 is 0 Å². The van der Waals surface area contributed by atoms with E-state index in [0.29, 0.717) is 0 Å². The molecule has 0 aromatic rings. The molecule has 0 fully saturated rings. The summed E-state index contributed by atoms with van der Waals surface area (Å²) in [6.45, 7) is 40.5. The topological polar surface area (TPSA) is 184 Å². The molecule has 0 aliphatic carbocycles. The summed E-state index contributed by atoms with van der Waals surface area (Å²) in [5.74, 6) is 0. The highest BCUT2D eigenvalue weighted by atomic mass is 31.3. The number of rotatable bonds is 16. The first-order chi connectivity index (χ1) is 18.8. The van der Waals surface area contributed by atoms with Gasteiger partial charge in [0, 0.05) is 0 Å². The van der Waals surface area contributed by atoms with Crippen molar-refractivity contribution in [1.82, 2.24) is 19.6 Å². The van der Waals surface area contributed by atoms with Crippen LogP contribution < -0.4 is 0 Å². The van der Waals surface area contributed by atoms with Crippen molar-refractivity contribution in [2.45, 2.75) is 83.1 Å². The maximum Gasteiger partial charge on any atom is 0.490 e. The van der Waals surface area contributed by atoms with Crippen LogP contribution in [0.25, 0.3) is 0 Å². The van der Waals surface area contributed by atoms with Gasteiger partial charge in [-0.15, -0.1) is 0 Å². The lowest BCUT2D eigenvalue weighted by atomic mass is 10.5. The lowest BCUT2D eigenvalue weighted by Crippen LogP contribution is -2.21. The van der Waals surface area contributed by atoms with Gasteiger partial charge in [-0.3, -0.25) is 0 Å². The quantitative estimate of drug-likeness (QED) is 0.143. The highest BCUT2D eigenvalue weighted by Gasteiger charge is 2.38. The van der Waals surface area contributed by atoms with Crippen molar-refractivity contribution in [1.29, 1.82) is 0 Å². The summed E-state index contributed by atoms with van der Waals surface area (Å²) < 4.78 is 36.4. The Morgan fingerprint density at radius 3 is 0.537 bits per heavy atom. The summed E-state index contributed by atoms with van der Waals surface area (Å²) in [4.78, 5) is 49.7. The molecule has 0 spiro atoms. The van der Waals surface area contributed by atoms with Crippen LogP contribution in [0.2, 0.25) is 0 Å². The predicted molar refractivity (Wildman–Crippen MR) is 170 cm³/mol. The zero-order valence-electron chi connectivity index (χ0n) is 27.9. The smallest absolute Gasteiger partial charge is 0.304 e. The van der Waals surface area contributed by atoms with Crippen molar-refractivity contribution >= 4 is 23.5 Å². The van der Waals surface area contributed by atoms with Crippen LogP contribution in [0, 0.1) is 0 Å². The van der Waals surface area contributed by atoms with Gasteiger partial charge in [-0.25, -0.2) is 13.7 Å². The molecule has 41 heavy (non-hydrogen) atoms. The van der Waals surface area contributed by atoms with Gasteiger partial charge in [0.25, 0.3) is 0 Å². The van der Waals surface area contributed by atoms with E-state index in [1.165, 1.54) is 78.5 Å². The van der Waals surface area contributed by atoms with Crippen LogP contribution in [-0.4, -0.2) is 123 Å². The van der Waals surface area contributed by atoms with Gasteiger partial charge in [0.1, 0.15) is 0 Å². The molecule has 0 heterocycles. The Morgan fingerprint density at radius 2 is 0.488 bits per heavy atom. The van der Waals surface area contributed by atoms with E-state index in [2.05, 4.69) is 111 Å². The Balaban J connectivity index is -0.000000136. The van der Waals surface area contributed by atoms with Crippen LogP contribution in [0.15, 0.2) is 0 Å². The highest BCUT2D eigenvalue weighted by Crippen LogP contribution is 2.64. The third-order valence-electron chi connectivity index (χ3n) is 5.79. The van der Waals surface area contributed by atoms with Crippen molar-refractivity contribution in [3.05, 3.63) is 0 Å². The van der Waals surface area contributed by atoms with E-state index in [1.807, 2.05) is 0 Å². The molecule has 0 unspecified atom stereocenters. The second-order valence-electron chi connectivity index (χ2n) is 8.09. The molecule has 5 N–H and O–H groups in total. The van der Waals surface area contributed by atoms with Gasteiger partial charge in [0.05, 0.1) is 0 Å². The SMILES string of the molecule is CCN(CC)CC.CCN(CC)CC.CCN(CC)CC.CCN(CC)CC.O=P(O)(O)OP(=O)(O)OP(=O)(O)O. The lowest BCUT2D eigenvalue weighted by molar-refractivity contribution is 0.204. The predicted octanol–water partition coefficient (Wildman–Crippen LogP) is 4.70. The van der Waals surface area contributed by atoms with E-state index in [0.717, 1.165) is 0 Å². The molecule has 0 radical (unpaired) electrons. The lowest BCUT2D eigenvalue weighted by Gasteiger charge is -2.13. The molecule has 0 bridgehead atoms. The summed E-state index contributed by atoms with van der Waals surface area (Å²) in [5.41, 5.74) is 0. The van der Waals surface area contributed by atoms with E-state index in [-0.39, 0.29) is 0 Å². The van der Waals surface area contributed by atoms with Crippen molar-refractivity contribution in [3.8, 4) is 0 Å². The van der Waals surface area contributed by atoms with Crippen LogP contribution in [0.3, 0.4) is 0 Å². The average molecular weight is 663 g/mol. The molecule has 0 saturated carbocycles. The van der Waals surface area contributed by atoms with Gasteiger partial charge in [-0.05, 0) is 78.5 Å². The number of hydrogen-bond acceptors (Lipinski definition) is 9. The van der Waals surface area contributed by atoms with Gasteiger partial charge < -0.3 is 44.1 Å². The van der Waals surface area contributed by atoms with Crippen molar-refractivity contribution in [3.63, 3.8) is 0 Å². The molecular formula is C24H65N4O10P3. The molecule has 256 valence electrons. The molecule has 0 aromatic heterocycles. The van der Waals surface area contributed by atoms with Crippen LogP contribution in [-0.2, 0) is 22.3 Å². The molecule has 0 amide bonds. The second kappa shape index (κ2) is 31.7. The van der Waals surface area contributed by atoms with Gasteiger partial charge in [0.2, 0.25) is 0 Å². The fraction of sp³-hybridized carbons (Fsp3) is 1.00. The normalized spacial score (nSPS) is 11.6. The van der Waals surface area contributed by atoms with Crippen LogP contribution in [0.1, 0.15) is 83.1 Å². The second-order valence-corrected chi connectivity index (χ2v) is 12.3. The highest BCUT2D eigenvalue weighted by molar-refractivity contribution is 7.66. The zero-order chi connectivity index (χ0) is 33.7. The minimum absolute atomic E-state index is 1.19. The van der Waals surface area contributed by atoms with Crippen molar-refractivity contribution in [2.24, 2.45) is 0 Å². The first kappa shape index (κ1) is 50.9. The monoisotopic (exact) mass is 662 g/mol. The zero-order valence-corrected chi connectivity index (χ0v) is 30.6. The summed E-state index contributed by atoms with van der Waals surface area (Å²) in [6, 6.07) is 0. The summed E-state index contributed by atoms with van der Waals surface area (Å²) >= 11 is 0. The van der Waals surface area contributed by atoms with Gasteiger partial charge in [0.15, 0.2) is 0 Å². The van der Waals surface area contributed by atoms with Gasteiger partial charge in [-0.1, -0.05) is 83.1 Å². The molecule has 0 aliphatic heterocycles. The molecule has 14 nitrogen and oxygen atoms in total. The molecule has 0 rings (SSSR count). The van der Waals surface area contributed by atoms with Crippen LogP contribution in [0.4, 0.5) is 0 Å². The van der Waals surface area contributed by atoms with Gasteiger partial charge in [-0.2, -0.15) is 8.62 Å². The van der Waals surface area contributed by atoms with Crippen molar-refractivity contribution < 1.29 is 46.8 Å². The summed E-state index contributed by atoms with van der Waals surface area (Å²) in [7, 11) is -16.2. The Morgan fingerprint density at radius 1 is 0.366 bits per heavy atom. The van der Waals surface area contributed by atoms with Gasteiger partial charge >= 0.3 is 23.5 Å². The molecular weight excluding hydrogens is 597 g/mol. The number of phosphoric acid groups is 3. The van der Waals surface area contributed by atoms with E-state index < -0.39 is 23.5 Å². The molecule has 17 heteroatoms. The standard InChI is InChI=1S/4C6H15N.H5O10P3/c4*1-4-7(5-2)6-3;1-11(2,3)9-13(7,8)10-12(4,5)6/h4*4-6H2,1-3H3;(H,7,8)(H2,1,2,3)(H2,4,5,6). The van der Waals surface area contributed by atoms with Crippen molar-refractivity contribution in [2.75, 3.05) is 78.5 Å². The Bertz CT molecular complexity index is 570. The van der Waals surface area contributed by atoms with E-state index in [9.17, 15) is 13.7 Å². The number of nitrogens with zero attached hydrogens (tertiary/aromatic N) is 4. The Kier molecular flexibility index (Phi) is 39.3. The summed E-state index contributed by atoms with van der Waals surface area (Å²) in [6.07, 6.45) is 0. The molecule has 0 aliphatic rings. The van der Waals surface area contributed by atoms with Crippen LogP contribution in [0.5, 0.6) is 0 Å². The molecule has 0 saturated heterocycles. The van der Waals surface area contributed by atoms with E-state index in [4.69, 9.17) is 24.5 Å². The largest absolute Gasteiger partial charge is 0.490 e. The Hall–Kier alpha value is 0.250. The minimum Gasteiger partial charge on any atom is -0.304 e. The first-order valence-corrected chi connectivity index (χ1v) is 19.1. The third-order valence-corrected chi connectivity index (χ3v) is 9.14.